The van der Waals surface area contributed by atoms with Crippen molar-refractivity contribution in [1.82, 2.24) is 0 Å². The van der Waals surface area contributed by atoms with Crippen LogP contribution in [0.25, 0.3) is 0 Å². The van der Waals surface area contributed by atoms with Crippen LogP contribution in [-0.2, 0) is 10.9 Å². The summed E-state index contributed by atoms with van der Waals surface area (Å²) in [5.41, 5.74) is 0. The molecule has 2 rings (SSSR count). The molecule has 0 atom stereocenters. The second kappa shape index (κ2) is 8.54. The topological polar surface area (TPSA) is 18.5 Å². The van der Waals surface area contributed by atoms with Crippen molar-refractivity contribution in [3.8, 4) is 11.5 Å². The zero-order chi connectivity index (χ0) is 15.8. The quantitative estimate of drug-likeness (QED) is 0.519. The van der Waals surface area contributed by atoms with Gasteiger partial charge in [0.25, 0.3) is 0 Å². The molecule has 22 heavy (non-hydrogen) atoms. The van der Waals surface area contributed by atoms with Gasteiger partial charge < -0.3 is 9.47 Å². The Morgan fingerprint density at radius 2 is 1.23 bits per heavy atom. The SMILES string of the molecule is C=CC[S+](c1ccc(OCC)cc1)c1ccc(OCC)cc1. The fourth-order valence-electron chi connectivity index (χ4n) is 2.18. The van der Waals surface area contributed by atoms with Gasteiger partial charge in [0.05, 0.1) is 24.1 Å². The van der Waals surface area contributed by atoms with E-state index in [0.717, 1.165) is 17.3 Å². The Kier molecular flexibility index (Phi) is 6.41. The lowest BCUT2D eigenvalue weighted by molar-refractivity contribution is 0.340. The lowest BCUT2D eigenvalue weighted by Gasteiger charge is -2.08. The summed E-state index contributed by atoms with van der Waals surface area (Å²) in [6.07, 6.45) is 1.98. The van der Waals surface area contributed by atoms with E-state index in [9.17, 15) is 0 Å². The van der Waals surface area contributed by atoms with E-state index in [2.05, 4.69) is 30.8 Å². The second-order valence-electron chi connectivity index (χ2n) is 4.65. The maximum Gasteiger partial charge on any atom is 0.161 e. The highest BCUT2D eigenvalue weighted by atomic mass is 32.2. The van der Waals surface area contributed by atoms with Gasteiger partial charge in [-0.3, -0.25) is 0 Å². The highest BCUT2D eigenvalue weighted by molar-refractivity contribution is 7.97. The van der Waals surface area contributed by atoms with Crippen molar-refractivity contribution in [2.24, 2.45) is 0 Å². The van der Waals surface area contributed by atoms with Gasteiger partial charge in [-0.2, -0.15) is 0 Å². The van der Waals surface area contributed by atoms with Gasteiger partial charge in [0.2, 0.25) is 0 Å². The van der Waals surface area contributed by atoms with Crippen LogP contribution >= 0.6 is 0 Å². The van der Waals surface area contributed by atoms with Crippen molar-refractivity contribution >= 4 is 10.9 Å². The first-order valence-corrected chi connectivity index (χ1v) is 8.95. The molecule has 3 heteroatoms. The average Bonchev–Trinajstić information content (AvgIpc) is 2.55. The van der Waals surface area contributed by atoms with E-state index in [1.165, 1.54) is 9.79 Å². The molecule has 0 N–H and O–H groups in total. The fraction of sp³-hybridized carbons (Fsp3) is 0.263. The Bertz CT molecular complexity index is 526. The maximum absolute atomic E-state index is 5.52. The van der Waals surface area contributed by atoms with Gasteiger partial charge in [0.15, 0.2) is 9.79 Å². The van der Waals surface area contributed by atoms with Crippen LogP contribution in [0.3, 0.4) is 0 Å². The molecule has 2 aromatic rings. The van der Waals surface area contributed by atoms with Gasteiger partial charge >= 0.3 is 0 Å². The second-order valence-corrected chi connectivity index (χ2v) is 6.71. The molecule has 0 heterocycles. The minimum atomic E-state index is -0.00484. The van der Waals surface area contributed by atoms with Crippen LogP contribution in [0, 0.1) is 0 Å². The van der Waals surface area contributed by atoms with Crippen LogP contribution in [0.15, 0.2) is 71.0 Å². The summed E-state index contributed by atoms with van der Waals surface area (Å²) in [6.45, 7) is 9.28. The number of ether oxygens (including phenoxy) is 2. The van der Waals surface area contributed by atoms with Crippen LogP contribution in [0.4, 0.5) is 0 Å². The van der Waals surface area contributed by atoms with Crippen molar-refractivity contribution in [2.45, 2.75) is 23.6 Å². The molecule has 0 bridgehead atoms. The van der Waals surface area contributed by atoms with Gasteiger partial charge in [-0.25, -0.2) is 0 Å². The van der Waals surface area contributed by atoms with E-state index in [4.69, 9.17) is 9.47 Å². The zero-order valence-electron chi connectivity index (χ0n) is 13.2. The van der Waals surface area contributed by atoms with E-state index >= 15 is 0 Å². The van der Waals surface area contributed by atoms with Crippen LogP contribution < -0.4 is 9.47 Å². The first-order valence-electron chi connectivity index (χ1n) is 7.56. The molecule has 0 saturated heterocycles. The Labute approximate surface area is 136 Å². The summed E-state index contributed by atoms with van der Waals surface area (Å²) < 4.78 is 11.0. The Morgan fingerprint density at radius 1 is 0.818 bits per heavy atom. The van der Waals surface area contributed by atoms with Gasteiger partial charge in [-0.1, -0.05) is 6.58 Å². The van der Waals surface area contributed by atoms with E-state index in [1.54, 1.807) is 0 Å². The van der Waals surface area contributed by atoms with Gasteiger partial charge in [-0.05, 0) is 68.5 Å². The largest absolute Gasteiger partial charge is 0.494 e. The van der Waals surface area contributed by atoms with Crippen molar-refractivity contribution in [3.05, 3.63) is 61.2 Å². The molecule has 0 spiro atoms. The Hall–Kier alpha value is -1.87. The lowest BCUT2D eigenvalue weighted by atomic mass is 10.3. The molecule has 0 aliphatic heterocycles. The predicted octanol–water partition coefficient (Wildman–Crippen LogP) is 4.71. The maximum atomic E-state index is 5.52. The minimum absolute atomic E-state index is 0.00484. The third-order valence-electron chi connectivity index (χ3n) is 3.12. The predicted molar refractivity (Wildman–Crippen MR) is 94.2 cm³/mol. The van der Waals surface area contributed by atoms with E-state index in [1.807, 2.05) is 44.2 Å². The lowest BCUT2D eigenvalue weighted by Crippen LogP contribution is -2.07. The summed E-state index contributed by atoms with van der Waals surface area (Å²) >= 11 is 0. The fourth-order valence-corrected chi connectivity index (χ4v) is 4.00. The van der Waals surface area contributed by atoms with Crippen LogP contribution in [0.5, 0.6) is 11.5 Å². The third kappa shape index (κ3) is 4.31. The summed E-state index contributed by atoms with van der Waals surface area (Å²) in [5.74, 6) is 2.77. The average molecular weight is 315 g/mol. The molecular formula is C19H23O2S+. The molecule has 2 aromatic carbocycles. The van der Waals surface area contributed by atoms with Gasteiger partial charge in [-0.15, -0.1) is 0 Å². The van der Waals surface area contributed by atoms with Crippen molar-refractivity contribution < 1.29 is 9.47 Å². The summed E-state index contributed by atoms with van der Waals surface area (Å²) in [4.78, 5) is 2.60. The molecular weight excluding hydrogens is 292 g/mol. The molecule has 0 amide bonds. The van der Waals surface area contributed by atoms with Crippen LogP contribution in [0.1, 0.15) is 13.8 Å². The van der Waals surface area contributed by atoms with Gasteiger partial charge in [0.1, 0.15) is 17.3 Å². The number of rotatable bonds is 8. The third-order valence-corrected chi connectivity index (χ3v) is 5.37. The molecule has 0 aliphatic rings. The normalized spacial score (nSPS) is 10.5. The highest BCUT2D eigenvalue weighted by Crippen LogP contribution is 2.27. The first-order chi connectivity index (χ1) is 10.8. The molecule has 0 unspecified atom stereocenters. The number of hydrogen-bond acceptors (Lipinski definition) is 2. The zero-order valence-corrected chi connectivity index (χ0v) is 14.1. The molecule has 0 fully saturated rings. The van der Waals surface area contributed by atoms with E-state index in [0.29, 0.717) is 13.2 Å². The molecule has 2 nitrogen and oxygen atoms in total. The molecule has 0 aliphatic carbocycles. The first kappa shape index (κ1) is 16.5. The molecule has 116 valence electrons. The van der Waals surface area contributed by atoms with Crippen LogP contribution in [-0.4, -0.2) is 19.0 Å². The Morgan fingerprint density at radius 3 is 1.55 bits per heavy atom. The summed E-state index contributed by atoms with van der Waals surface area (Å²) in [5, 5.41) is 0. The minimum Gasteiger partial charge on any atom is -0.494 e. The highest BCUT2D eigenvalue weighted by Gasteiger charge is 2.23. The van der Waals surface area contributed by atoms with Crippen molar-refractivity contribution in [2.75, 3.05) is 19.0 Å². The van der Waals surface area contributed by atoms with Crippen molar-refractivity contribution in [1.29, 1.82) is 0 Å². The Balaban J connectivity index is 2.22. The smallest absolute Gasteiger partial charge is 0.161 e. The molecule has 0 aromatic heterocycles. The number of hydrogen-bond donors (Lipinski definition) is 0. The summed E-state index contributed by atoms with van der Waals surface area (Å²) in [7, 11) is -0.00484. The van der Waals surface area contributed by atoms with Gasteiger partial charge in [0, 0.05) is 0 Å². The summed E-state index contributed by atoms with van der Waals surface area (Å²) in [6, 6.07) is 16.7. The monoisotopic (exact) mass is 315 g/mol. The van der Waals surface area contributed by atoms with E-state index < -0.39 is 0 Å². The van der Waals surface area contributed by atoms with Crippen molar-refractivity contribution in [3.63, 3.8) is 0 Å². The van der Waals surface area contributed by atoms with E-state index in [-0.39, 0.29) is 10.9 Å². The molecule has 0 saturated carbocycles. The molecule has 0 radical (unpaired) electrons. The number of benzene rings is 2. The standard InChI is InChI=1S/C19H23O2S/c1-4-15-22(18-11-7-16(8-12-18)20-5-2)19-13-9-17(10-14-19)21-6-3/h4,7-14H,1,5-6,15H2,2-3H3/q+1. The van der Waals surface area contributed by atoms with Crippen LogP contribution in [0.2, 0.25) is 0 Å².